The van der Waals surface area contributed by atoms with E-state index in [0.717, 1.165) is 11.5 Å². The van der Waals surface area contributed by atoms with Crippen LogP contribution in [0.4, 0.5) is 0 Å². The van der Waals surface area contributed by atoms with E-state index in [4.69, 9.17) is 0 Å². The van der Waals surface area contributed by atoms with E-state index in [-0.39, 0.29) is 5.91 Å². The largest absolute Gasteiger partial charge is 0.351 e. The minimum absolute atomic E-state index is 0.106. The van der Waals surface area contributed by atoms with Gasteiger partial charge in [-0.3, -0.25) is 4.79 Å². The molecule has 0 aliphatic carbocycles. The molecule has 3 aromatic heterocycles. The third-order valence-corrected chi connectivity index (χ3v) is 5.08. The first-order valence-corrected chi connectivity index (χ1v) is 9.06. The quantitative estimate of drug-likeness (QED) is 0.666. The number of pyridine rings is 1. The Hall–Kier alpha value is -2.19. The average molecular weight is 345 g/mol. The van der Waals surface area contributed by atoms with Gasteiger partial charge in [-0.05, 0) is 23.6 Å². The summed E-state index contributed by atoms with van der Waals surface area (Å²) >= 11 is 3.57. The summed E-state index contributed by atoms with van der Waals surface area (Å²) in [6.45, 7) is 0.635. The number of hydrogen-bond acceptors (Lipinski definition) is 6. The van der Waals surface area contributed by atoms with Gasteiger partial charge in [0, 0.05) is 34.7 Å². The molecule has 0 bridgehead atoms. The number of thiophene rings is 1. The van der Waals surface area contributed by atoms with E-state index in [1.807, 2.05) is 11.8 Å². The lowest BCUT2D eigenvalue weighted by Gasteiger charge is -2.06. The molecule has 0 unspecified atom stereocenters. The van der Waals surface area contributed by atoms with Gasteiger partial charge >= 0.3 is 0 Å². The third-order valence-electron chi connectivity index (χ3n) is 3.02. The highest BCUT2D eigenvalue weighted by molar-refractivity contribution is 7.98. The molecule has 6 nitrogen and oxygen atoms in total. The summed E-state index contributed by atoms with van der Waals surface area (Å²) in [5.41, 5.74) is 0.564. The minimum atomic E-state index is -0.106. The number of nitrogens with zero attached hydrogens (tertiary/aromatic N) is 4. The molecule has 3 rings (SSSR count). The van der Waals surface area contributed by atoms with Crippen molar-refractivity contribution in [3.8, 4) is 5.82 Å². The van der Waals surface area contributed by atoms with Crippen molar-refractivity contribution in [1.29, 1.82) is 0 Å². The Labute approximate surface area is 142 Å². The molecular weight excluding hydrogens is 330 g/mol. The van der Waals surface area contributed by atoms with Crippen LogP contribution >= 0.6 is 23.1 Å². The molecule has 23 heavy (non-hydrogen) atoms. The maximum absolute atomic E-state index is 12.2. The van der Waals surface area contributed by atoms with Crippen LogP contribution in [0.25, 0.3) is 5.82 Å². The molecule has 8 heteroatoms. The van der Waals surface area contributed by atoms with Crippen molar-refractivity contribution in [3.63, 3.8) is 0 Å². The summed E-state index contributed by atoms with van der Waals surface area (Å²) in [6, 6.07) is 7.56. The Morgan fingerprint density at radius 3 is 3.13 bits per heavy atom. The lowest BCUT2D eigenvalue weighted by Crippen LogP contribution is -2.26. The van der Waals surface area contributed by atoms with Crippen molar-refractivity contribution in [2.75, 3.05) is 12.3 Å². The van der Waals surface area contributed by atoms with E-state index in [0.29, 0.717) is 17.9 Å². The number of carbonyl (C=O) groups is 1. The third kappa shape index (κ3) is 4.40. The fourth-order valence-corrected chi connectivity index (χ4v) is 3.62. The topological polar surface area (TPSA) is 72.7 Å². The molecule has 0 saturated carbocycles. The van der Waals surface area contributed by atoms with Crippen LogP contribution in [0.5, 0.6) is 0 Å². The second-order valence-corrected chi connectivity index (χ2v) is 6.77. The number of hydrogen-bond donors (Lipinski definition) is 1. The normalized spacial score (nSPS) is 10.6. The molecule has 0 aromatic carbocycles. The summed E-state index contributed by atoms with van der Waals surface area (Å²) in [5.74, 6) is 2.33. The monoisotopic (exact) mass is 345 g/mol. The summed E-state index contributed by atoms with van der Waals surface area (Å²) < 4.78 is 1.52. The summed E-state index contributed by atoms with van der Waals surface area (Å²) in [7, 11) is 0. The average Bonchev–Trinajstić information content (AvgIpc) is 3.28. The zero-order chi connectivity index (χ0) is 15.9. The van der Waals surface area contributed by atoms with Crippen LogP contribution in [-0.2, 0) is 5.75 Å². The fourth-order valence-electron chi connectivity index (χ4n) is 1.92. The molecule has 1 amide bonds. The standard InChI is InChI=1S/C15H15N5OS2/c21-15(18-5-7-22-9-13-2-1-6-23-13)12-3-4-17-14(8-12)20-11-16-10-19-20/h1-4,6,8,10-11H,5,7,9H2,(H,18,21). The van der Waals surface area contributed by atoms with Crippen molar-refractivity contribution < 1.29 is 4.79 Å². The van der Waals surface area contributed by atoms with Crippen molar-refractivity contribution in [1.82, 2.24) is 25.1 Å². The number of thioether (sulfide) groups is 1. The van der Waals surface area contributed by atoms with Gasteiger partial charge in [0.2, 0.25) is 0 Å². The molecular formula is C15H15N5OS2. The molecule has 0 aliphatic rings. The Kier molecular flexibility index (Phi) is 5.38. The van der Waals surface area contributed by atoms with Gasteiger partial charge in [-0.2, -0.15) is 16.9 Å². The summed E-state index contributed by atoms with van der Waals surface area (Å²) in [6.07, 6.45) is 4.57. The van der Waals surface area contributed by atoms with Crippen LogP contribution in [0.15, 0.2) is 48.5 Å². The Morgan fingerprint density at radius 1 is 1.39 bits per heavy atom. The number of nitrogens with one attached hydrogen (secondary N) is 1. The van der Waals surface area contributed by atoms with Gasteiger partial charge in [0.25, 0.3) is 5.91 Å². The van der Waals surface area contributed by atoms with Crippen LogP contribution in [0.2, 0.25) is 0 Å². The van der Waals surface area contributed by atoms with E-state index >= 15 is 0 Å². The van der Waals surface area contributed by atoms with Gasteiger partial charge in [-0.1, -0.05) is 6.07 Å². The second kappa shape index (κ2) is 7.89. The SMILES string of the molecule is O=C(NCCSCc1cccs1)c1ccnc(-n2cncn2)c1. The maximum atomic E-state index is 12.2. The van der Waals surface area contributed by atoms with Crippen molar-refractivity contribution >= 4 is 29.0 Å². The Balaban J connectivity index is 1.47. The number of aromatic nitrogens is 4. The predicted octanol–water partition coefficient (Wildman–Crippen LogP) is 2.39. The number of carbonyl (C=O) groups excluding carboxylic acids is 1. The second-order valence-electron chi connectivity index (χ2n) is 4.63. The fraction of sp³-hybridized carbons (Fsp3) is 0.200. The molecule has 0 atom stereocenters. The molecule has 118 valence electrons. The van der Waals surface area contributed by atoms with Crippen LogP contribution in [0.3, 0.4) is 0 Å². The number of rotatable bonds is 7. The molecule has 3 aromatic rings. The van der Waals surface area contributed by atoms with E-state index < -0.39 is 0 Å². The lowest BCUT2D eigenvalue weighted by molar-refractivity contribution is 0.0956. The van der Waals surface area contributed by atoms with E-state index in [9.17, 15) is 4.79 Å². The van der Waals surface area contributed by atoms with Gasteiger partial charge in [0.1, 0.15) is 12.7 Å². The van der Waals surface area contributed by atoms with Crippen molar-refractivity contribution in [2.24, 2.45) is 0 Å². The molecule has 0 spiro atoms. The Bertz CT molecular complexity index is 743. The molecule has 0 aliphatic heterocycles. The van der Waals surface area contributed by atoms with Gasteiger partial charge in [0.15, 0.2) is 5.82 Å². The molecule has 1 N–H and O–H groups in total. The van der Waals surface area contributed by atoms with E-state index in [1.54, 1.807) is 36.0 Å². The zero-order valence-corrected chi connectivity index (χ0v) is 13.9. The highest BCUT2D eigenvalue weighted by Crippen LogP contribution is 2.16. The highest BCUT2D eigenvalue weighted by atomic mass is 32.2. The minimum Gasteiger partial charge on any atom is -0.351 e. The van der Waals surface area contributed by atoms with Crippen LogP contribution in [0, 0.1) is 0 Å². The summed E-state index contributed by atoms with van der Waals surface area (Å²) in [5, 5.41) is 9.01. The molecule has 0 fully saturated rings. The smallest absolute Gasteiger partial charge is 0.251 e. The lowest BCUT2D eigenvalue weighted by atomic mass is 10.2. The van der Waals surface area contributed by atoms with Crippen molar-refractivity contribution in [2.45, 2.75) is 5.75 Å². The van der Waals surface area contributed by atoms with Crippen molar-refractivity contribution in [3.05, 3.63) is 58.9 Å². The van der Waals surface area contributed by atoms with Crippen LogP contribution < -0.4 is 5.32 Å². The first-order chi connectivity index (χ1) is 11.3. The van der Waals surface area contributed by atoms with Crippen LogP contribution in [-0.4, -0.2) is 38.0 Å². The maximum Gasteiger partial charge on any atom is 0.251 e. The van der Waals surface area contributed by atoms with E-state index in [2.05, 4.69) is 37.9 Å². The van der Waals surface area contributed by atoms with Crippen LogP contribution in [0.1, 0.15) is 15.2 Å². The highest BCUT2D eigenvalue weighted by Gasteiger charge is 2.07. The predicted molar refractivity (Wildman–Crippen MR) is 92.0 cm³/mol. The van der Waals surface area contributed by atoms with Gasteiger partial charge in [-0.25, -0.2) is 14.6 Å². The Morgan fingerprint density at radius 2 is 2.35 bits per heavy atom. The number of amides is 1. The van der Waals surface area contributed by atoms with Gasteiger partial charge in [0.05, 0.1) is 0 Å². The summed E-state index contributed by atoms with van der Waals surface area (Å²) in [4.78, 5) is 21.6. The van der Waals surface area contributed by atoms with Gasteiger partial charge in [-0.15, -0.1) is 11.3 Å². The first-order valence-electron chi connectivity index (χ1n) is 7.02. The zero-order valence-electron chi connectivity index (χ0n) is 12.3. The molecule has 3 heterocycles. The van der Waals surface area contributed by atoms with Gasteiger partial charge < -0.3 is 5.32 Å². The molecule has 0 radical (unpaired) electrons. The van der Waals surface area contributed by atoms with E-state index in [1.165, 1.54) is 15.9 Å². The molecule has 0 saturated heterocycles. The first kappa shape index (κ1) is 15.7.